The molecule has 414 valence electrons. The second-order valence-electron chi connectivity index (χ2n) is 22.7. The molecule has 5 aromatic rings. The highest BCUT2D eigenvalue weighted by Crippen LogP contribution is 2.49. The smallest absolute Gasteiger partial charge is 0.0778 e. The first-order chi connectivity index (χ1) is 37.0. The molecule has 0 aromatic carbocycles. The van der Waals surface area contributed by atoms with E-state index in [1.165, 1.54) is 247 Å². The van der Waals surface area contributed by atoms with Crippen molar-refractivity contribution in [1.82, 2.24) is 19.9 Å². The number of thiophene rings is 2. The molecule has 0 fully saturated rings. The summed E-state index contributed by atoms with van der Waals surface area (Å²) in [5, 5.41) is 0. The number of aryl methyl sites for hydroxylation is 6. The second kappa shape index (κ2) is 30.5. The number of H-pyrrole nitrogens is 2. The van der Waals surface area contributed by atoms with Gasteiger partial charge in [-0.05, 0) is 217 Å². The van der Waals surface area contributed by atoms with Crippen LogP contribution in [-0.2, 0) is 25.7 Å². The molecule has 7 heterocycles. The molecule has 0 amide bonds. The third-order valence-corrected chi connectivity index (χ3v) is 20.7. The molecule has 2 aliphatic heterocycles. The van der Waals surface area contributed by atoms with E-state index in [1.54, 1.807) is 0 Å². The first kappa shape index (κ1) is 60.6. The molecular formula is C68H96Br2N4S2. The van der Waals surface area contributed by atoms with Crippen LogP contribution in [0.2, 0.25) is 0 Å². The number of rotatable bonds is 32. The van der Waals surface area contributed by atoms with Crippen molar-refractivity contribution in [1.29, 1.82) is 0 Å². The molecule has 8 heteroatoms. The molecule has 7 rings (SSSR count). The Bertz CT molecular complexity index is 2800. The van der Waals surface area contributed by atoms with E-state index < -0.39 is 0 Å². The number of allylic oxidation sites excluding steroid dienone is 4. The minimum atomic E-state index is 1.02. The fourth-order valence-electron chi connectivity index (χ4n) is 12.1. The van der Waals surface area contributed by atoms with Gasteiger partial charge in [0.25, 0.3) is 0 Å². The Morgan fingerprint density at radius 3 is 1.08 bits per heavy atom. The summed E-state index contributed by atoms with van der Waals surface area (Å²) < 4.78 is 2.52. The Morgan fingerprint density at radius 1 is 0.395 bits per heavy atom. The average Bonchev–Trinajstić information content (AvgIpc) is 4.25. The maximum Gasteiger partial charge on any atom is 0.0778 e. The minimum absolute atomic E-state index is 1.02. The molecule has 2 N–H and O–H groups in total. The highest BCUT2D eigenvalue weighted by atomic mass is 79.9. The molecule has 2 aliphatic rings. The van der Waals surface area contributed by atoms with Gasteiger partial charge in [-0.15, -0.1) is 22.7 Å². The van der Waals surface area contributed by atoms with E-state index in [0.29, 0.717) is 0 Å². The summed E-state index contributed by atoms with van der Waals surface area (Å²) in [7, 11) is 0. The summed E-state index contributed by atoms with van der Waals surface area (Å²) in [6, 6.07) is 10.0. The van der Waals surface area contributed by atoms with Crippen LogP contribution in [0.1, 0.15) is 278 Å². The van der Waals surface area contributed by atoms with E-state index in [0.717, 1.165) is 74.1 Å². The van der Waals surface area contributed by atoms with Crippen molar-refractivity contribution in [3.05, 3.63) is 88.0 Å². The predicted octanol–water partition coefficient (Wildman–Crippen LogP) is 24.2. The van der Waals surface area contributed by atoms with Gasteiger partial charge < -0.3 is 9.97 Å². The van der Waals surface area contributed by atoms with Crippen LogP contribution in [-0.4, -0.2) is 19.9 Å². The zero-order valence-corrected chi connectivity index (χ0v) is 53.8. The standard InChI is InChI=1S/C68H96Br2N4S2/c1-11-17-23-29-35-49-41-59(75-67(49)69)61-63-45(7)51(37-31-25-19-13-3)55(71-63)43-57-53(39-33-27-21-15-5)47(9)65(73-57)62(60-42-50(68(70)76-60)36-30-24-18-12-2)66-48(10)54(40-34-28-22-16-6)58(74-66)44-56-52(38-32-26-20-14-4)46(8)64(61)72-56/h41-44,71-72H,11-40H2,1-10H3. The highest BCUT2D eigenvalue weighted by molar-refractivity contribution is 9.11. The quantitative estimate of drug-likeness (QED) is 0.0422. The number of aromatic nitrogens is 4. The van der Waals surface area contributed by atoms with Gasteiger partial charge in [-0.2, -0.15) is 0 Å². The second-order valence-corrected chi connectivity index (χ2v) is 27.4. The Hall–Kier alpha value is -3.04. The van der Waals surface area contributed by atoms with Gasteiger partial charge in [-0.1, -0.05) is 157 Å². The number of nitrogens with one attached hydrogen (secondary N) is 2. The fourth-order valence-corrected chi connectivity index (χ4v) is 15.7. The van der Waals surface area contributed by atoms with Crippen LogP contribution in [0.4, 0.5) is 0 Å². The summed E-state index contributed by atoms with van der Waals surface area (Å²) in [6.07, 6.45) is 36.0. The molecule has 76 heavy (non-hydrogen) atoms. The third-order valence-electron chi connectivity index (χ3n) is 16.8. The Balaban J connectivity index is 1.66. The molecule has 5 aromatic heterocycles. The van der Waals surface area contributed by atoms with E-state index >= 15 is 0 Å². The molecule has 0 saturated carbocycles. The summed E-state index contributed by atoms with van der Waals surface area (Å²) in [5.74, 6) is 0. The number of halogens is 2. The lowest BCUT2D eigenvalue weighted by molar-refractivity contribution is 0.667. The van der Waals surface area contributed by atoms with Gasteiger partial charge in [0.05, 0.1) is 41.4 Å². The maximum atomic E-state index is 5.96. The molecule has 0 saturated heterocycles. The molecule has 0 spiro atoms. The van der Waals surface area contributed by atoms with E-state index in [-0.39, 0.29) is 0 Å². The summed E-state index contributed by atoms with van der Waals surface area (Å²) in [4.78, 5) is 23.1. The number of nitrogens with zero attached hydrogens (tertiary/aromatic N) is 2. The number of fused-ring (bicyclic) bond motifs is 8. The van der Waals surface area contributed by atoms with E-state index in [2.05, 4.69) is 135 Å². The van der Waals surface area contributed by atoms with Crippen LogP contribution in [0.25, 0.3) is 65.2 Å². The highest BCUT2D eigenvalue weighted by Gasteiger charge is 2.29. The van der Waals surface area contributed by atoms with Gasteiger partial charge in [0.1, 0.15) is 0 Å². The first-order valence-corrected chi connectivity index (χ1v) is 34.0. The topological polar surface area (TPSA) is 57.4 Å². The van der Waals surface area contributed by atoms with Crippen molar-refractivity contribution >= 4 is 98.9 Å². The number of aromatic amines is 2. The summed E-state index contributed by atoms with van der Waals surface area (Å²) in [5.41, 5.74) is 25.9. The molecule has 4 nitrogen and oxygen atoms in total. The molecule has 0 atom stereocenters. The van der Waals surface area contributed by atoms with Crippen molar-refractivity contribution < 1.29 is 0 Å². The first-order valence-electron chi connectivity index (χ1n) is 30.8. The van der Waals surface area contributed by atoms with Gasteiger partial charge in [0.2, 0.25) is 0 Å². The van der Waals surface area contributed by atoms with Crippen LogP contribution in [0.5, 0.6) is 0 Å². The van der Waals surface area contributed by atoms with Gasteiger partial charge in [-0.25, -0.2) is 9.97 Å². The van der Waals surface area contributed by atoms with Crippen LogP contribution in [0.15, 0.2) is 31.8 Å². The van der Waals surface area contributed by atoms with Crippen molar-refractivity contribution in [2.24, 2.45) is 0 Å². The van der Waals surface area contributed by atoms with Gasteiger partial charge >= 0.3 is 0 Å². The summed E-state index contributed by atoms with van der Waals surface area (Å²) in [6.45, 7) is 23.5. The largest absolute Gasteiger partial charge is 0.354 e. The van der Waals surface area contributed by atoms with Crippen LogP contribution < -0.4 is 0 Å². The number of hydrogen-bond acceptors (Lipinski definition) is 4. The zero-order valence-electron chi connectivity index (χ0n) is 49.0. The van der Waals surface area contributed by atoms with E-state index in [1.807, 2.05) is 22.7 Å². The van der Waals surface area contributed by atoms with Crippen molar-refractivity contribution in [3.63, 3.8) is 0 Å². The monoisotopic (exact) mass is 1190 g/mol. The van der Waals surface area contributed by atoms with E-state index in [4.69, 9.17) is 9.97 Å². The van der Waals surface area contributed by atoms with Gasteiger partial charge in [0.15, 0.2) is 0 Å². The van der Waals surface area contributed by atoms with Crippen LogP contribution in [0.3, 0.4) is 0 Å². The van der Waals surface area contributed by atoms with Crippen molar-refractivity contribution in [3.8, 4) is 20.9 Å². The Labute approximate surface area is 486 Å². The fraction of sp³-hybridized carbons (Fsp3) is 0.588. The molecule has 0 radical (unpaired) electrons. The van der Waals surface area contributed by atoms with E-state index in [9.17, 15) is 0 Å². The number of hydrogen-bond donors (Lipinski definition) is 2. The molecule has 0 aliphatic carbocycles. The maximum absolute atomic E-state index is 5.96. The summed E-state index contributed by atoms with van der Waals surface area (Å²) >= 11 is 12.1. The van der Waals surface area contributed by atoms with Crippen molar-refractivity contribution in [2.45, 2.75) is 262 Å². The lowest BCUT2D eigenvalue weighted by atomic mass is 9.94. The van der Waals surface area contributed by atoms with Gasteiger partial charge in [-0.3, -0.25) is 0 Å². The van der Waals surface area contributed by atoms with Crippen LogP contribution in [0, 0.1) is 13.8 Å². The lowest BCUT2D eigenvalue weighted by Gasteiger charge is -2.09. The van der Waals surface area contributed by atoms with Crippen molar-refractivity contribution in [2.75, 3.05) is 0 Å². The minimum Gasteiger partial charge on any atom is -0.354 e. The average molecular weight is 1190 g/mol. The zero-order chi connectivity index (χ0) is 54.1. The third kappa shape index (κ3) is 14.8. The Kier molecular flexibility index (Phi) is 24.3. The SMILES string of the molecule is CCCCCCC1=C(C)c2nc1cc1[nH]c(c(C)c1CCCCCC)c(-c1cc(CCCCCC)c(Br)s1)c1[nH]c(cc3nc(c2-c2cc(CCCCCC)c(Br)s2)C(C)=C3CCCCCC)c(CCCCCC)c1C. The van der Waals surface area contributed by atoms with Crippen LogP contribution >= 0.6 is 54.5 Å². The molecular weight excluding hydrogens is 1100 g/mol. The predicted molar refractivity (Wildman–Crippen MR) is 346 cm³/mol. The molecule has 0 unspecified atom stereocenters. The normalized spacial score (nSPS) is 12.9. The van der Waals surface area contributed by atoms with Gasteiger partial charge in [0, 0.05) is 31.9 Å². The lowest BCUT2D eigenvalue weighted by Crippen LogP contribution is -1.92. The number of unbranched alkanes of at least 4 members (excludes halogenated alkanes) is 18. The molecule has 8 bridgehead atoms. The Morgan fingerprint density at radius 2 is 0.724 bits per heavy atom.